The monoisotopic (exact) mass is 262 g/mol. The first-order chi connectivity index (χ1) is 9.01. The van der Waals surface area contributed by atoms with Gasteiger partial charge >= 0.3 is 0 Å². The molecule has 104 valence electrons. The quantitative estimate of drug-likeness (QED) is 0.823. The van der Waals surface area contributed by atoms with E-state index in [1.54, 1.807) is 4.90 Å². The molecule has 2 rings (SSSR count). The molecule has 1 heterocycles. The summed E-state index contributed by atoms with van der Waals surface area (Å²) in [5, 5.41) is 10.6. The van der Waals surface area contributed by atoms with Crippen LogP contribution < -0.4 is 0 Å². The Kier molecular flexibility index (Phi) is 4.22. The number of aryl methyl sites for hydroxylation is 1. The van der Waals surface area contributed by atoms with Crippen LogP contribution in [0.4, 0.5) is 0 Å². The predicted molar refractivity (Wildman–Crippen MR) is 74.8 cm³/mol. The van der Waals surface area contributed by atoms with Crippen LogP contribution >= 0.6 is 0 Å². The van der Waals surface area contributed by atoms with E-state index in [4.69, 9.17) is 0 Å². The minimum Gasteiger partial charge on any atom is -0.384 e. The van der Waals surface area contributed by atoms with E-state index in [1.165, 1.54) is 5.56 Å². The van der Waals surface area contributed by atoms with Gasteiger partial charge in [0.25, 0.3) is 0 Å². The molecule has 19 heavy (non-hydrogen) atoms. The molecule has 4 nitrogen and oxygen atoms in total. The Bertz CT molecular complexity index is 420. The van der Waals surface area contributed by atoms with Gasteiger partial charge in [-0.1, -0.05) is 29.8 Å². The third-order valence-corrected chi connectivity index (χ3v) is 3.76. The molecular formula is C15H22N2O2. The molecule has 1 atom stereocenters. The standard InChI is InChI=1S/C15H22N2O2/c1-13-3-5-14(6-4-13)15(2,19)11-16-7-9-17(12-18)10-8-16/h3-6,12,19H,7-11H2,1-2H3. The summed E-state index contributed by atoms with van der Waals surface area (Å²) in [6.45, 7) is 7.62. The van der Waals surface area contributed by atoms with E-state index in [-0.39, 0.29) is 0 Å². The third kappa shape index (κ3) is 3.55. The van der Waals surface area contributed by atoms with Gasteiger partial charge in [-0.05, 0) is 19.4 Å². The molecule has 1 N–H and O–H groups in total. The number of benzene rings is 1. The zero-order chi connectivity index (χ0) is 13.9. The number of amides is 1. The molecular weight excluding hydrogens is 240 g/mol. The lowest BCUT2D eigenvalue weighted by Crippen LogP contribution is -2.49. The van der Waals surface area contributed by atoms with E-state index in [2.05, 4.69) is 4.90 Å². The Morgan fingerprint density at radius 2 is 1.79 bits per heavy atom. The van der Waals surface area contributed by atoms with Crippen LogP contribution in [0.1, 0.15) is 18.1 Å². The van der Waals surface area contributed by atoms with E-state index in [9.17, 15) is 9.90 Å². The fraction of sp³-hybridized carbons (Fsp3) is 0.533. The van der Waals surface area contributed by atoms with Gasteiger partial charge < -0.3 is 10.0 Å². The number of carbonyl (C=O) groups excluding carboxylic acids is 1. The topological polar surface area (TPSA) is 43.8 Å². The molecule has 0 aliphatic carbocycles. The van der Waals surface area contributed by atoms with Gasteiger partial charge in [-0.25, -0.2) is 0 Å². The van der Waals surface area contributed by atoms with Crippen molar-refractivity contribution in [3.63, 3.8) is 0 Å². The molecule has 1 aliphatic heterocycles. The highest BCUT2D eigenvalue weighted by molar-refractivity contribution is 5.47. The van der Waals surface area contributed by atoms with Crippen LogP contribution in [-0.4, -0.2) is 54.0 Å². The molecule has 4 heteroatoms. The highest BCUT2D eigenvalue weighted by atomic mass is 16.3. The van der Waals surface area contributed by atoms with Crippen LogP contribution in [0.25, 0.3) is 0 Å². The number of piperazine rings is 1. The highest BCUT2D eigenvalue weighted by Gasteiger charge is 2.27. The van der Waals surface area contributed by atoms with Crippen LogP contribution in [-0.2, 0) is 10.4 Å². The van der Waals surface area contributed by atoms with Gasteiger partial charge in [-0.15, -0.1) is 0 Å². The van der Waals surface area contributed by atoms with Crippen LogP contribution in [0, 0.1) is 6.92 Å². The smallest absolute Gasteiger partial charge is 0.209 e. The van der Waals surface area contributed by atoms with E-state index in [1.807, 2.05) is 38.1 Å². The molecule has 1 aromatic carbocycles. The molecule has 0 saturated carbocycles. The zero-order valence-electron chi connectivity index (χ0n) is 11.7. The van der Waals surface area contributed by atoms with Crippen molar-refractivity contribution in [3.8, 4) is 0 Å². The van der Waals surface area contributed by atoms with Crippen LogP contribution in [0.2, 0.25) is 0 Å². The molecule has 0 bridgehead atoms. The zero-order valence-corrected chi connectivity index (χ0v) is 11.7. The number of hydrogen-bond acceptors (Lipinski definition) is 3. The molecule has 0 radical (unpaired) electrons. The highest BCUT2D eigenvalue weighted by Crippen LogP contribution is 2.22. The summed E-state index contributed by atoms with van der Waals surface area (Å²) in [5.41, 5.74) is 1.28. The molecule has 1 unspecified atom stereocenters. The summed E-state index contributed by atoms with van der Waals surface area (Å²) in [5.74, 6) is 0. The Morgan fingerprint density at radius 3 is 2.32 bits per heavy atom. The van der Waals surface area contributed by atoms with Crippen molar-refractivity contribution in [2.45, 2.75) is 19.4 Å². The molecule has 1 amide bonds. The van der Waals surface area contributed by atoms with Gasteiger partial charge in [-0.3, -0.25) is 9.69 Å². The second-order valence-corrected chi connectivity index (χ2v) is 5.56. The van der Waals surface area contributed by atoms with Crippen molar-refractivity contribution >= 4 is 6.41 Å². The summed E-state index contributed by atoms with van der Waals surface area (Å²) in [4.78, 5) is 14.6. The first-order valence-electron chi connectivity index (χ1n) is 6.72. The molecule has 1 aliphatic rings. The van der Waals surface area contributed by atoms with Crippen molar-refractivity contribution in [1.29, 1.82) is 0 Å². The maximum Gasteiger partial charge on any atom is 0.209 e. The normalized spacial score (nSPS) is 20.1. The number of aliphatic hydroxyl groups is 1. The predicted octanol–water partition coefficient (Wildman–Crippen LogP) is 0.977. The number of nitrogens with zero attached hydrogens (tertiary/aromatic N) is 2. The van der Waals surface area contributed by atoms with Gasteiger partial charge in [0.2, 0.25) is 6.41 Å². The van der Waals surface area contributed by atoms with E-state index in [0.717, 1.165) is 38.2 Å². The first kappa shape index (κ1) is 14.0. The Hall–Kier alpha value is -1.39. The van der Waals surface area contributed by atoms with Crippen molar-refractivity contribution in [2.75, 3.05) is 32.7 Å². The minimum absolute atomic E-state index is 0.600. The molecule has 1 fully saturated rings. The van der Waals surface area contributed by atoms with Crippen LogP contribution in [0.15, 0.2) is 24.3 Å². The molecule has 0 aromatic heterocycles. The van der Waals surface area contributed by atoms with Gasteiger partial charge in [0.1, 0.15) is 0 Å². The van der Waals surface area contributed by atoms with E-state index < -0.39 is 5.60 Å². The Morgan fingerprint density at radius 1 is 1.21 bits per heavy atom. The summed E-state index contributed by atoms with van der Waals surface area (Å²) >= 11 is 0. The van der Waals surface area contributed by atoms with Crippen molar-refractivity contribution in [1.82, 2.24) is 9.80 Å². The molecule has 0 spiro atoms. The number of β-amino-alcohol motifs (C(OH)–C–C–N with tert-alkyl or cyclic N) is 1. The second kappa shape index (κ2) is 5.72. The fourth-order valence-electron chi connectivity index (χ4n) is 2.47. The Balaban J connectivity index is 1.97. The second-order valence-electron chi connectivity index (χ2n) is 5.56. The van der Waals surface area contributed by atoms with Crippen molar-refractivity contribution < 1.29 is 9.90 Å². The maximum absolute atomic E-state index is 10.7. The van der Waals surface area contributed by atoms with E-state index in [0.29, 0.717) is 6.54 Å². The SMILES string of the molecule is Cc1ccc(C(C)(O)CN2CCN(C=O)CC2)cc1. The Labute approximate surface area is 114 Å². The van der Waals surface area contributed by atoms with Crippen LogP contribution in [0.5, 0.6) is 0 Å². The number of rotatable bonds is 4. The van der Waals surface area contributed by atoms with Crippen LogP contribution in [0.3, 0.4) is 0 Å². The van der Waals surface area contributed by atoms with Gasteiger partial charge in [0.05, 0.1) is 5.60 Å². The lowest BCUT2D eigenvalue weighted by Gasteiger charge is -2.37. The summed E-state index contributed by atoms with van der Waals surface area (Å²) in [7, 11) is 0. The average Bonchev–Trinajstić information content (AvgIpc) is 2.40. The number of carbonyl (C=O) groups is 1. The van der Waals surface area contributed by atoms with Gasteiger partial charge in [0.15, 0.2) is 0 Å². The van der Waals surface area contributed by atoms with E-state index >= 15 is 0 Å². The fourth-order valence-corrected chi connectivity index (χ4v) is 2.47. The summed E-state index contributed by atoms with van der Waals surface area (Å²) in [6.07, 6.45) is 0.898. The largest absolute Gasteiger partial charge is 0.384 e. The third-order valence-electron chi connectivity index (χ3n) is 3.76. The lowest BCUT2D eigenvalue weighted by molar-refractivity contribution is -0.120. The number of hydrogen-bond donors (Lipinski definition) is 1. The van der Waals surface area contributed by atoms with Gasteiger partial charge in [0, 0.05) is 32.7 Å². The maximum atomic E-state index is 10.7. The minimum atomic E-state index is -0.850. The van der Waals surface area contributed by atoms with Gasteiger partial charge in [-0.2, -0.15) is 0 Å². The lowest BCUT2D eigenvalue weighted by atomic mass is 9.94. The molecule has 1 saturated heterocycles. The van der Waals surface area contributed by atoms with Crippen molar-refractivity contribution in [2.24, 2.45) is 0 Å². The average molecular weight is 262 g/mol. The van der Waals surface area contributed by atoms with Crippen molar-refractivity contribution in [3.05, 3.63) is 35.4 Å². The molecule has 1 aromatic rings. The first-order valence-corrected chi connectivity index (χ1v) is 6.72. The summed E-state index contributed by atoms with van der Waals surface area (Å²) in [6, 6.07) is 8.01. The summed E-state index contributed by atoms with van der Waals surface area (Å²) < 4.78 is 0.